The summed E-state index contributed by atoms with van der Waals surface area (Å²) in [5.41, 5.74) is 1.42. The first kappa shape index (κ1) is 27.4. The molecule has 2 N–H and O–H groups in total. The molecule has 0 radical (unpaired) electrons. The highest BCUT2D eigenvalue weighted by atomic mass is 31.2. The minimum atomic E-state index is -4.47. The van der Waals surface area contributed by atoms with Crippen LogP contribution in [0.15, 0.2) is 60.7 Å². The minimum Gasteiger partial charge on any atom is -0.461 e. The molecule has 0 aliphatic carbocycles. The third-order valence-corrected chi connectivity index (χ3v) is 7.11. The number of esters is 1. The van der Waals surface area contributed by atoms with Crippen molar-refractivity contribution in [1.29, 1.82) is 0 Å². The number of alkyl carbamates (subject to hydrolysis) is 1. The second kappa shape index (κ2) is 13.2. The van der Waals surface area contributed by atoms with Gasteiger partial charge in [-0.1, -0.05) is 60.7 Å². The van der Waals surface area contributed by atoms with Gasteiger partial charge in [0.25, 0.3) is 0 Å². The van der Waals surface area contributed by atoms with Crippen LogP contribution in [0.4, 0.5) is 18.0 Å². The number of carbonyl (C=O) groups is 2. The molecule has 2 unspecified atom stereocenters. The van der Waals surface area contributed by atoms with E-state index < -0.39 is 50.4 Å². The van der Waals surface area contributed by atoms with Gasteiger partial charge in [0.1, 0.15) is 19.0 Å². The van der Waals surface area contributed by atoms with Crippen LogP contribution >= 0.6 is 7.37 Å². The first-order valence-corrected chi connectivity index (χ1v) is 12.5. The number of ether oxygens (including phenoxy) is 2. The van der Waals surface area contributed by atoms with E-state index in [0.29, 0.717) is 5.56 Å². The SMILES string of the molecule is O=C(CCC(NC(=O)OCc1ccccc1)P(=O)(O)CCCC(F)(F)F)OCc1ccccc1. The molecule has 0 aromatic heterocycles. The van der Waals surface area contributed by atoms with Crippen molar-refractivity contribution >= 4 is 19.4 Å². The van der Waals surface area contributed by atoms with Gasteiger partial charge < -0.3 is 19.7 Å². The Hall–Kier alpha value is -2.84. The van der Waals surface area contributed by atoms with Crippen molar-refractivity contribution in [2.75, 3.05) is 6.16 Å². The minimum absolute atomic E-state index is 0.000740. The van der Waals surface area contributed by atoms with Gasteiger partial charge in [-0.3, -0.25) is 9.36 Å². The van der Waals surface area contributed by atoms with Crippen LogP contribution in [-0.4, -0.2) is 35.1 Å². The molecule has 1 amide bonds. The summed E-state index contributed by atoms with van der Waals surface area (Å²) in [7, 11) is -4.29. The number of nitrogens with one attached hydrogen (secondary N) is 1. The van der Waals surface area contributed by atoms with Gasteiger partial charge in [-0.05, 0) is 24.0 Å². The maximum Gasteiger partial charge on any atom is 0.408 e. The Morgan fingerprint density at radius 1 is 0.941 bits per heavy atom. The summed E-state index contributed by atoms with van der Waals surface area (Å²) in [5, 5.41) is 2.24. The van der Waals surface area contributed by atoms with Gasteiger partial charge in [-0.25, -0.2) is 4.79 Å². The molecular formula is C23H27F3NO6P. The molecule has 0 saturated heterocycles. The fourth-order valence-electron chi connectivity index (χ4n) is 3.00. The Morgan fingerprint density at radius 3 is 2.00 bits per heavy atom. The van der Waals surface area contributed by atoms with Gasteiger partial charge in [-0.2, -0.15) is 13.2 Å². The fourth-order valence-corrected chi connectivity index (χ4v) is 4.76. The highest BCUT2D eigenvalue weighted by Gasteiger charge is 2.35. The van der Waals surface area contributed by atoms with Gasteiger partial charge in [-0.15, -0.1) is 0 Å². The van der Waals surface area contributed by atoms with E-state index in [1.807, 2.05) is 0 Å². The summed E-state index contributed by atoms with van der Waals surface area (Å²) in [6, 6.07) is 17.5. The fraction of sp³-hybridized carbons (Fsp3) is 0.391. The summed E-state index contributed by atoms with van der Waals surface area (Å²) in [6.07, 6.45) is -8.60. The second-order valence-corrected chi connectivity index (χ2v) is 10.2. The maximum absolute atomic E-state index is 12.8. The molecule has 0 saturated carbocycles. The van der Waals surface area contributed by atoms with Gasteiger partial charge in [0, 0.05) is 19.0 Å². The Kier molecular flexibility index (Phi) is 10.6. The predicted molar refractivity (Wildman–Crippen MR) is 119 cm³/mol. The van der Waals surface area contributed by atoms with Crippen molar-refractivity contribution in [3.63, 3.8) is 0 Å². The maximum atomic E-state index is 12.8. The third kappa shape index (κ3) is 10.9. The molecule has 0 aliphatic heterocycles. The smallest absolute Gasteiger partial charge is 0.408 e. The molecule has 0 fully saturated rings. The van der Waals surface area contributed by atoms with E-state index >= 15 is 0 Å². The van der Waals surface area contributed by atoms with E-state index in [2.05, 4.69) is 5.32 Å². The van der Waals surface area contributed by atoms with Crippen LogP contribution in [0.1, 0.15) is 36.8 Å². The number of carbonyl (C=O) groups excluding carboxylic acids is 2. The summed E-state index contributed by atoms with van der Waals surface area (Å²) >= 11 is 0. The molecule has 7 nitrogen and oxygen atoms in total. The molecule has 2 aromatic rings. The van der Waals surface area contributed by atoms with Crippen LogP contribution in [0, 0.1) is 0 Å². The Morgan fingerprint density at radius 2 is 1.47 bits per heavy atom. The van der Waals surface area contributed by atoms with E-state index in [1.165, 1.54) is 0 Å². The predicted octanol–water partition coefficient (Wildman–Crippen LogP) is 5.38. The summed E-state index contributed by atoms with van der Waals surface area (Å²) in [6.45, 7) is -0.110. The Labute approximate surface area is 195 Å². The van der Waals surface area contributed by atoms with Crippen molar-refractivity contribution in [2.45, 2.75) is 50.9 Å². The second-order valence-electron chi connectivity index (χ2n) is 7.60. The number of amides is 1. The normalized spacial score (nSPS) is 14.0. The molecule has 186 valence electrons. The molecular weight excluding hydrogens is 474 g/mol. The summed E-state index contributed by atoms with van der Waals surface area (Å²) in [5.74, 6) is -2.14. The number of hydrogen-bond acceptors (Lipinski definition) is 5. The van der Waals surface area contributed by atoms with Crippen molar-refractivity contribution in [2.24, 2.45) is 0 Å². The third-order valence-electron chi connectivity index (χ3n) is 4.79. The molecule has 2 rings (SSSR count). The number of rotatable bonds is 12. The van der Waals surface area contributed by atoms with E-state index in [0.717, 1.165) is 5.56 Å². The zero-order chi connectivity index (χ0) is 25.0. The van der Waals surface area contributed by atoms with Gasteiger partial charge >= 0.3 is 18.2 Å². The van der Waals surface area contributed by atoms with E-state index in [-0.39, 0.29) is 26.1 Å². The number of alkyl halides is 3. The van der Waals surface area contributed by atoms with Crippen molar-refractivity contribution in [3.8, 4) is 0 Å². The molecule has 0 spiro atoms. The largest absolute Gasteiger partial charge is 0.461 e. The topological polar surface area (TPSA) is 102 Å². The number of halogens is 3. The van der Waals surface area contributed by atoms with Gasteiger partial charge in [0.2, 0.25) is 7.37 Å². The lowest BCUT2D eigenvalue weighted by Gasteiger charge is -2.24. The summed E-state index contributed by atoms with van der Waals surface area (Å²) in [4.78, 5) is 34.7. The van der Waals surface area contributed by atoms with Crippen LogP contribution in [0.3, 0.4) is 0 Å². The zero-order valence-corrected chi connectivity index (χ0v) is 19.3. The molecule has 0 heterocycles. The van der Waals surface area contributed by atoms with Crippen molar-refractivity contribution < 1.29 is 41.7 Å². The van der Waals surface area contributed by atoms with Crippen molar-refractivity contribution in [3.05, 3.63) is 71.8 Å². The lowest BCUT2D eigenvalue weighted by atomic mass is 10.2. The van der Waals surface area contributed by atoms with E-state index in [1.54, 1.807) is 60.7 Å². The lowest BCUT2D eigenvalue weighted by molar-refractivity contribution is -0.145. The Balaban J connectivity index is 1.95. The van der Waals surface area contributed by atoms with Crippen LogP contribution in [-0.2, 0) is 32.0 Å². The molecule has 2 aromatic carbocycles. The van der Waals surface area contributed by atoms with Gasteiger partial charge in [0.05, 0.1) is 0 Å². The highest BCUT2D eigenvalue weighted by Crippen LogP contribution is 2.48. The molecule has 11 heteroatoms. The lowest BCUT2D eigenvalue weighted by Crippen LogP contribution is -2.36. The van der Waals surface area contributed by atoms with E-state index in [9.17, 15) is 32.2 Å². The molecule has 0 aliphatic rings. The van der Waals surface area contributed by atoms with Crippen LogP contribution in [0.2, 0.25) is 0 Å². The van der Waals surface area contributed by atoms with Crippen molar-refractivity contribution in [1.82, 2.24) is 5.32 Å². The van der Waals surface area contributed by atoms with Crippen LogP contribution in [0.25, 0.3) is 0 Å². The Bertz CT molecular complexity index is 956. The zero-order valence-electron chi connectivity index (χ0n) is 18.4. The average molecular weight is 501 g/mol. The molecule has 2 atom stereocenters. The summed E-state index contributed by atoms with van der Waals surface area (Å²) < 4.78 is 60.3. The first-order chi connectivity index (χ1) is 16.0. The van der Waals surface area contributed by atoms with Crippen LogP contribution in [0.5, 0.6) is 0 Å². The highest BCUT2D eigenvalue weighted by molar-refractivity contribution is 7.58. The molecule has 0 bridgehead atoms. The van der Waals surface area contributed by atoms with E-state index in [4.69, 9.17) is 9.47 Å². The first-order valence-electron chi connectivity index (χ1n) is 10.6. The molecule has 34 heavy (non-hydrogen) atoms. The number of benzene rings is 2. The standard InChI is InChI=1S/C23H27F3NO6P/c24-23(25,26)14-7-15-34(30,31)20(27-22(29)33-17-19-10-5-2-6-11-19)12-13-21(28)32-16-18-8-3-1-4-9-18/h1-6,8-11,20H,7,12-17H2,(H,27,29)(H,30,31). The number of hydrogen-bond donors (Lipinski definition) is 2. The quantitative estimate of drug-likeness (QED) is 0.299. The monoisotopic (exact) mass is 501 g/mol. The van der Waals surface area contributed by atoms with Gasteiger partial charge in [0.15, 0.2) is 0 Å². The van der Waals surface area contributed by atoms with Crippen LogP contribution < -0.4 is 5.32 Å². The average Bonchev–Trinajstić information content (AvgIpc) is 2.79.